The van der Waals surface area contributed by atoms with Gasteiger partial charge in [0.05, 0.1) is 13.7 Å². The zero-order valence-electron chi connectivity index (χ0n) is 12.2. The van der Waals surface area contributed by atoms with Crippen LogP contribution in [-0.2, 0) is 13.1 Å². The lowest BCUT2D eigenvalue weighted by atomic mass is 10.1. The summed E-state index contributed by atoms with van der Waals surface area (Å²) in [5, 5.41) is 12.2. The maximum absolute atomic E-state index is 8.85. The number of ether oxygens (including phenoxy) is 2. The monoisotopic (exact) mass is 287 g/mol. The molecular weight excluding hydrogens is 266 g/mol. The van der Waals surface area contributed by atoms with Gasteiger partial charge in [-0.3, -0.25) is 0 Å². The molecule has 2 aromatic rings. The summed E-state index contributed by atoms with van der Waals surface area (Å²) in [6, 6.07) is 15.8. The standard InChI is InChI=1S/C17H21NO3/c1-20-16-8-4-2-6-14(16)12-18-13-15-7-3-5-9-17(15)21-11-10-19/h2-9,18-19H,10-13H2,1H3. The highest BCUT2D eigenvalue weighted by Gasteiger charge is 2.04. The average Bonchev–Trinajstić information content (AvgIpc) is 2.54. The van der Waals surface area contributed by atoms with E-state index in [0.29, 0.717) is 13.2 Å². The highest BCUT2D eigenvalue weighted by molar-refractivity contribution is 5.35. The van der Waals surface area contributed by atoms with Crippen molar-refractivity contribution in [3.05, 3.63) is 59.7 Å². The van der Waals surface area contributed by atoms with Gasteiger partial charge in [-0.15, -0.1) is 0 Å². The molecule has 0 aliphatic carbocycles. The molecule has 0 amide bonds. The van der Waals surface area contributed by atoms with Gasteiger partial charge in [-0.05, 0) is 12.1 Å². The number of aliphatic hydroxyl groups excluding tert-OH is 1. The lowest BCUT2D eigenvalue weighted by molar-refractivity contribution is 0.200. The molecule has 0 radical (unpaired) electrons. The molecular formula is C17H21NO3. The molecule has 0 saturated heterocycles. The molecule has 2 aromatic carbocycles. The number of hydrogen-bond acceptors (Lipinski definition) is 4. The van der Waals surface area contributed by atoms with Gasteiger partial charge in [0.15, 0.2) is 0 Å². The van der Waals surface area contributed by atoms with Gasteiger partial charge < -0.3 is 19.9 Å². The zero-order chi connectivity index (χ0) is 14.9. The molecule has 0 unspecified atom stereocenters. The first-order chi connectivity index (χ1) is 10.3. The summed E-state index contributed by atoms with van der Waals surface area (Å²) in [5.74, 6) is 1.69. The third-order valence-corrected chi connectivity index (χ3v) is 3.14. The largest absolute Gasteiger partial charge is 0.496 e. The lowest BCUT2D eigenvalue weighted by Crippen LogP contribution is -2.14. The van der Waals surface area contributed by atoms with Crippen molar-refractivity contribution in [2.75, 3.05) is 20.3 Å². The van der Waals surface area contributed by atoms with Crippen LogP contribution >= 0.6 is 0 Å². The van der Waals surface area contributed by atoms with Crippen LogP contribution in [-0.4, -0.2) is 25.4 Å². The van der Waals surface area contributed by atoms with E-state index in [1.165, 1.54) is 0 Å². The quantitative estimate of drug-likeness (QED) is 0.782. The van der Waals surface area contributed by atoms with Gasteiger partial charge in [0.2, 0.25) is 0 Å². The number of aliphatic hydroxyl groups is 1. The van der Waals surface area contributed by atoms with Crippen LogP contribution < -0.4 is 14.8 Å². The summed E-state index contributed by atoms with van der Waals surface area (Å²) in [4.78, 5) is 0. The molecule has 0 atom stereocenters. The third-order valence-electron chi connectivity index (χ3n) is 3.14. The molecule has 0 aromatic heterocycles. The Kier molecular flexibility index (Phi) is 6.06. The van der Waals surface area contributed by atoms with Crippen LogP contribution in [0.1, 0.15) is 11.1 Å². The van der Waals surface area contributed by atoms with Crippen molar-refractivity contribution in [2.24, 2.45) is 0 Å². The van der Waals surface area contributed by atoms with Crippen LogP contribution in [0.2, 0.25) is 0 Å². The van der Waals surface area contributed by atoms with Gasteiger partial charge >= 0.3 is 0 Å². The number of hydrogen-bond donors (Lipinski definition) is 2. The van der Waals surface area contributed by atoms with Crippen LogP contribution in [0.4, 0.5) is 0 Å². The summed E-state index contributed by atoms with van der Waals surface area (Å²) in [7, 11) is 1.68. The topological polar surface area (TPSA) is 50.7 Å². The second kappa shape index (κ2) is 8.29. The van der Waals surface area contributed by atoms with Crippen molar-refractivity contribution in [1.82, 2.24) is 5.32 Å². The molecule has 112 valence electrons. The minimum atomic E-state index is 0.0168. The summed E-state index contributed by atoms with van der Waals surface area (Å²) >= 11 is 0. The third kappa shape index (κ3) is 4.48. The molecule has 0 aliphatic heterocycles. The Balaban J connectivity index is 1.94. The first-order valence-electron chi connectivity index (χ1n) is 6.99. The second-order valence-electron chi connectivity index (χ2n) is 4.60. The molecule has 0 bridgehead atoms. The van der Waals surface area contributed by atoms with E-state index in [0.717, 1.165) is 29.2 Å². The molecule has 4 nitrogen and oxygen atoms in total. The fourth-order valence-corrected chi connectivity index (χ4v) is 2.13. The highest BCUT2D eigenvalue weighted by Crippen LogP contribution is 2.19. The van der Waals surface area contributed by atoms with E-state index < -0.39 is 0 Å². The minimum Gasteiger partial charge on any atom is -0.496 e. The summed E-state index contributed by atoms with van der Waals surface area (Å²) in [5.41, 5.74) is 2.19. The van der Waals surface area contributed by atoms with E-state index in [-0.39, 0.29) is 6.61 Å². The molecule has 0 fully saturated rings. The van der Waals surface area contributed by atoms with E-state index in [4.69, 9.17) is 14.6 Å². The molecule has 0 saturated carbocycles. The second-order valence-corrected chi connectivity index (χ2v) is 4.60. The molecule has 0 heterocycles. The predicted octanol–water partition coefficient (Wildman–Crippen LogP) is 2.36. The van der Waals surface area contributed by atoms with Gasteiger partial charge in [-0.2, -0.15) is 0 Å². The minimum absolute atomic E-state index is 0.0168. The Labute approximate surface area is 125 Å². The Morgan fingerprint density at radius 3 is 2.10 bits per heavy atom. The first-order valence-corrected chi connectivity index (χ1v) is 6.99. The van der Waals surface area contributed by atoms with Crippen LogP contribution in [0.5, 0.6) is 11.5 Å². The van der Waals surface area contributed by atoms with Crippen molar-refractivity contribution < 1.29 is 14.6 Å². The number of rotatable bonds is 8. The Bertz CT molecular complexity index is 557. The molecule has 0 spiro atoms. The maximum atomic E-state index is 8.85. The van der Waals surface area contributed by atoms with Gasteiger partial charge in [0.1, 0.15) is 18.1 Å². The van der Waals surface area contributed by atoms with Crippen molar-refractivity contribution in [1.29, 1.82) is 0 Å². The van der Waals surface area contributed by atoms with Gasteiger partial charge in [-0.25, -0.2) is 0 Å². The maximum Gasteiger partial charge on any atom is 0.123 e. The Hall–Kier alpha value is -2.04. The lowest BCUT2D eigenvalue weighted by Gasteiger charge is -2.12. The smallest absolute Gasteiger partial charge is 0.123 e. The van der Waals surface area contributed by atoms with Crippen LogP contribution in [0, 0.1) is 0 Å². The SMILES string of the molecule is COc1ccccc1CNCc1ccccc1OCCO. The summed E-state index contributed by atoms with van der Waals surface area (Å²) < 4.78 is 10.9. The molecule has 0 aliphatic rings. The number of methoxy groups -OCH3 is 1. The van der Waals surface area contributed by atoms with E-state index >= 15 is 0 Å². The fraction of sp³-hybridized carbons (Fsp3) is 0.294. The van der Waals surface area contributed by atoms with Crippen molar-refractivity contribution in [3.8, 4) is 11.5 Å². The van der Waals surface area contributed by atoms with E-state index in [2.05, 4.69) is 5.32 Å². The number of benzene rings is 2. The van der Waals surface area contributed by atoms with Crippen molar-refractivity contribution in [2.45, 2.75) is 13.1 Å². The van der Waals surface area contributed by atoms with Gasteiger partial charge in [0, 0.05) is 24.2 Å². The first kappa shape index (κ1) is 15.4. The van der Waals surface area contributed by atoms with E-state index in [1.54, 1.807) is 7.11 Å². The van der Waals surface area contributed by atoms with Gasteiger partial charge in [-0.1, -0.05) is 36.4 Å². The summed E-state index contributed by atoms with van der Waals surface area (Å²) in [6.45, 7) is 1.74. The van der Waals surface area contributed by atoms with Crippen molar-refractivity contribution >= 4 is 0 Å². The highest BCUT2D eigenvalue weighted by atomic mass is 16.5. The van der Waals surface area contributed by atoms with Crippen LogP contribution in [0.3, 0.4) is 0 Å². The normalized spacial score (nSPS) is 10.4. The van der Waals surface area contributed by atoms with Gasteiger partial charge in [0.25, 0.3) is 0 Å². The fourth-order valence-electron chi connectivity index (χ4n) is 2.13. The number of para-hydroxylation sites is 2. The predicted molar refractivity (Wildman–Crippen MR) is 82.6 cm³/mol. The molecule has 2 N–H and O–H groups in total. The Morgan fingerprint density at radius 2 is 1.48 bits per heavy atom. The molecule has 4 heteroatoms. The van der Waals surface area contributed by atoms with Crippen LogP contribution in [0.25, 0.3) is 0 Å². The zero-order valence-corrected chi connectivity index (χ0v) is 12.2. The Morgan fingerprint density at radius 1 is 0.905 bits per heavy atom. The molecule has 2 rings (SSSR count). The molecule has 21 heavy (non-hydrogen) atoms. The van der Waals surface area contributed by atoms with E-state index in [9.17, 15) is 0 Å². The van der Waals surface area contributed by atoms with Crippen LogP contribution in [0.15, 0.2) is 48.5 Å². The average molecular weight is 287 g/mol. The van der Waals surface area contributed by atoms with Crippen molar-refractivity contribution in [3.63, 3.8) is 0 Å². The number of nitrogens with one attached hydrogen (secondary N) is 1. The summed E-state index contributed by atoms with van der Waals surface area (Å²) in [6.07, 6.45) is 0. The van der Waals surface area contributed by atoms with E-state index in [1.807, 2.05) is 48.5 Å².